The SMILES string of the molecule is Cc1cccc2nc(CNC(=O)C(C)N)n(C)c12.Cl. The van der Waals surface area contributed by atoms with Crippen molar-refractivity contribution in [2.24, 2.45) is 12.8 Å². The molecule has 0 spiro atoms. The maximum absolute atomic E-state index is 11.4. The van der Waals surface area contributed by atoms with Crippen molar-refractivity contribution in [2.45, 2.75) is 26.4 Å². The Kier molecular flexibility index (Phi) is 4.91. The zero-order valence-electron chi connectivity index (χ0n) is 11.3. The molecule has 104 valence electrons. The average molecular weight is 283 g/mol. The number of rotatable bonds is 3. The summed E-state index contributed by atoms with van der Waals surface area (Å²) < 4.78 is 2.01. The van der Waals surface area contributed by atoms with Gasteiger partial charge in [-0.15, -0.1) is 12.4 Å². The van der Waals surface area contributed by atoms with Gasteiger partial charge >= 0.3 is 0 Å². The van der Waals surface area contributed by atoms with E-state index in [0.29, 0.717) is 6.54 Å². The lowest BCUT2D eigenvalue weighted by Gasteiger charge is -2.07. The number of nitrogens with one attached hydrogen (secondary N) is 1. The lowest BCUT2D eigenvalue weighted by Crippen LogP contribution is -2.38. The fourth-order valence-electron chi connectivity index (χ4n) is 2.00. The molecule has 2 aromatic rings. The lowest BCUT2D eigenvalue weighted by atomic mass is 10.2. The maximum Gasteiger partial charge on any atom is 0.237 e. The summed E-state index contributed by atoms with van der Waals surface area (Å²) in [5.41, 5.74) is 8.72. The van der Waals surface area contributed by atoms with Gasteiger partial charge in [0.05, 0.1) is 23.6 Å². The van der Waals surface area contributed by atoms with Crippen LogP contribution in [0.3, 0.4) is 0 Å². The monoisotopic (exact) mass is 282 g/mol. The first-order valence-corrected chi connectivity index (χ1v) is 5.95. The third kappa shape index (κ3) is 3.05. The molecular formula is C13H19ClN4O. The molecule has 0 aliphatic heterocycles. The minimum Gasteiger partial charge on any atom is -0.348 e. The molecule has 0 saturated heterocycles. The van der Waals surface area contributed by atoms with Crippen LogP contribution in [-0.4, -0.2) is 21.5 Å². The molecule has 0 aliphatic rings. The molecule has 6 heteroatoms. The predicted molar refractivity (Wildman–Crippen MR) is 78.2 cm³/mol. The second kappa shape index (κ2) is 6.04. The van der Waals surface area contributed by atoms with Gasteiger partial charge in [0.15, 0.2) is 0 Å². The summed E-state index contributed by atoms with van der Waals surface area (Å²) in [7, 11) is 1.95. The van der Waals surface area contributed by atoms with Gasteiger partial charge in [-0.05, 0) is 25.5 Å². The number of amides is 1. The van der Waals surface area contributed by atoms with E-state index in [1.54, 1.807) is 6.92 Å². The van der Waals surface area contributed by atoms with Gasteiger partial charge in [0.25, 0.3) is 0 Å². The minimum atomic E-state index is -0.499. The molecular weight excluding hydrogens is 264 g/mol. The Balaban J connectivity index is 0.00000180. The van der Waals surface area contributed by atoms with E-state index in [2.05, 4.69) is 10.3 Å². The second-order valence-electron chi connectivity index (χ2n) is 4.54. The third-order valence-electron chi connectivity index (χ3n) is 3.02. The number of aryl methyl sites for hydroxylation is 2. The fourth-order valence-corrected chi connectivity index (χ4v) is 2.00. The van der Waals surface area contributed by atoms with Crippen LogP contribution in [0.5, 0.6) is 0 Å². The van der Waals surface area contributed by atoms with E-state index in [9.17, 15) is 4.79 Å². The molecule has 19 heavy (non-hydrogen) atoms. The van der Waals surface area contributed by atoms with Crippen molar-refractivity contribution in [3.63, 3.8) is 0 Å². The Morgan fingerprint density at radius 3 is 2.79 bits per heavy atom. The van der Waals surface area contributed by atoms with Crippen molar-refractivity contribution >= 4 is 29.3 Å². The van der Waals surface area contributed by atoms with Gasteiger partial charge < -0.3 is 15.6 Å². The summed E-state index contributed by atoms with van der Waals surface area (Å²) in [4.78, 5) is 15.9. The first kappa shape index (κ1) is 15.5. The van der Waals surface area contributed by atoms with Crippen molar-refractivity contribution in [3.8, 4) is 0 Å². The number of aromatic nitrogens is 2. The smallest absolute Gasteiger partial charge is 0.237 e. The summed E-state index contributed by atoms with van der Waals surface area (Å²) >= 11 is 0. The molecule has 1 amide bonds. The molecule has 2 rings (SSSR count). The average Bonchev–Trinajstić information content (AvgIpc) is 2.64. The van der Waals surface area contributed by atoms with Crippen molar-refractivity contribution in [3.05, 3.63) is 29.6 Å². The number of hydrogen-bond acceptors (Lipinski definition) is 3. The second-order valence-corrected chi connectivity index (χ2v) is 4.54. The summed E-state index contributed by atoms with van der Waals surface area (Å²) in [6.45, 7) is 4.10. The topological polar surface area (TPSA) is 72.9 Å². The van der Waals surface area contributed by atoms with E-state index in [1.165, 1.54) is 5.56 Å². The quantitative estimate of drug-likeness (QED) is 0.890. The van der Waals surface area contributed by atoms with E-state index in [1.807, 2.05) is 36.7 Å². The largest absolute Gasteiger partial charge is 0.348 e. The number of carbonyl (C=O) groups excluding carboxylic acids is 1. The molecule has 1 aromatic heterocycles. The zero-order chi connectivity index (χ0) is 13.3. The molecule has 3 N–H and O–H groups in total. The van der Waals surface area contributed by atoms with Crippen molar-refractivity contribution in [1.29, 1.82) is 0 Å². The molecule has 0 radical (unpaired) electrons. The van der Waals surface area contributed by atoms with Crippen LogP contribution < -0.4 is 11.1 Å². The van der Waals surface area contributed by atoms with E-state index < -0.39 is 6.04 Å². The Morgan fingerprint density at radius 2 is 2.21 bits per heavy atom. The highest BCUT2D eigenvalue weighted by Gasteiger charge is 2.11. The lowest BCUT2D eigenvalue weighted by molar-refractivity contribution is -0.122. The highest BCUT2D eigenvalue weighted by molar-refractivity contribution is 5.85. The van der Waals surface area contributed by atoms with Gasteiger partial charge in [0, 0.05) is 7.05 Å². The number of nitrogens with zero attached hydrogens (tertiary/aromatic N) is 2. The number of imidazole rings is 1. The Labute approximate surface area is 118 Å². The van der Waals surface area contributed by atoms with Crippen LogP contribution in [0.4, 0.5) is 0 Å². The van der Waals surface area contributed by atoms with Crippen molar-refractivity contribution < 1.29 is 4.79 Å². The molecule has 1 aromatic carbocycles. The summed E-state index contributed by atoms with van der Waals surface area (Å²) in [5, 5.41) is 2.77. The van der Waals surface area contributed by atoms with Crippen LogP contribution in [-0.2, 0) is 18.4 Å². The van der Waals surface area contributed by atoms with Gasteiger partial charge in [-0.25, -0.2) is 4.98 Å². The third-order valence-corrected chi connectivity index (χ3v) is 3.02. The molecule has 0 bridgehead atoms. The zero-order valence-corrected chi connectivity index (χ0v) is 12.1. The summed E-state index contributed by atoms with van der Waals surface area (Å²) in [6, 6.07) is 5.50. The van der Waals surface area contributed by atoms with E-state index in [4.69, 9.17) is 5.73 Å². The highest BCUT2D eigenvalue weighted by Crippen LogP contribution is 2.18. The molecule has 5 nitrogen and oxygen atoms in total. The van der Waals surface area contributed by atoms with Crippen molar-refractivity contribution in [2.75, 3.05) is 0 Å². The van der Waals surface area contributed by atoms with Crippen LogP contribution in [0.1, 0.15) is 18.3 Å². The van der Waals surface area contributed by atoms with E-state index >= 15 is 0 Å². The first-order chi connectivity index (χ1) is 8.50. The highest BCUT2D eigenvalue weighted by atomic mass is 35.5. The summed E-state index contributed by atoms with van der Waals surface area (Å²) in [6.07, 6.45) is 0. The number of fused-ring (bicyclic) bond motifs is 1. The van der Waals surface area contributed by atoms with Gasteiger partial charge in [0.1, 0.15) is 5.82 Å². The van der Waals surface area contributed by atoms with E-state index in [0.717, 1.165) is 16.9 Å². The van der Waals surface area contributed by atoms with Crippen LogP contribution in [0.25, 0.3) is 11.0 Å². The van der Waals surface area contributed by atoms with Gasteiger partial charge in [-0.2, -0.15) is 0 Å². The van der Waals surface area contributed by atoms with Gasteiger partial charge in [-0.1, -0.05) is 12.1 Å². The number of hydrogen-bond donors (Lipinski definition) is 2. The normalized spacial score (nSPS) is 12.0. The molecule has 0 aliphatic carbocycles. The molecule has 1 unspecified atom stereocenters. The standard InChI is InChI=1S/C13H18N4O.ClH/c1-8-5-4-6-10-12(8)17(3)11(16-10)7-15-13(18)9(2)14;/h4-6,9H,7,14H2,1-3H3,(H,15,18);1H. The van der Waals surface area contributed by atoms with Gasteiger partial charge in [-0.3, -0.25) is 4.79 Å². The van der Waals surface area contributed by atoms with Crippen molar-refractivity contribution in [1.82, 2.24) is 14.9 Å². The number of halogens is 1. The minimum absolute atomic E-state index is 0. The van der Waals surface area contributed by atoms with Crippen LogP contribution in [0.15, 0.2) is 18.2 Å². The molecule has 1 atom stereocenters. The predicted octanol–water partition coefficient (Wildman–Crippen LogP) is 1.27. The molecule has 1 heterocycles. The molecule has 0 saturated carbocycles. The van der Waals surface area contributed by atoms with Crippen LogP contribution >= 0.6 is 12.4 Å². The number of para-hydroxylation sites is 1. The van der Waals surface area contributed by atoms with E-state index in [-0.39, 0.29) is 18.3 Å². The number of benzene rings is 1. The van der Waals surface area contributed by atoms with Crippen LogP contribution in [0, 0.1) is 6.92 Å². The Hall–Kier alpha value is -1.59. The Bertz CT molecular complexity index is 592. The number of carbonyl (C=O) groups is 1. The van der Waals surface area contributed by atoms with Gasteiger partial charge in [0.2, 0.25) is 5.91 Å². The Morgan fingerprint density at radius 1 is 1.53 bits per heavy atom. The maximum atomic E-state index is 11.4. The fraction of sp³-hybridized carbons (Fsp3) is 0.385. The van der Waals surface area contributed by atoms with Crippen LogP contribution in [0.2, 0.25) is 0 Å². The summed E-state index contributed by atoms with van der Waals surface area (Å²) in [5.74, 6) is 0.659. The first-order valence-electron chi connectivity index (χ1n) is 5.95. The number of nitrogens with two attached hydrogens (primary N) is 1. The molecule has 0 fully saturated rings.